The normalized spacial score (nSPS) is 21.5. The quantitative estimate of drug-likeness (QED) is 0.543. The molecule has 0 aromatic rings. The summed E-state index contributed by atoms with van der Waals surface area (Å²) in [4.78, 5) is 11.0. The molecule has 0 bridgehead atoms. The summed E-state index contributed by atoms with van der Waals surface area (Å²) in [7, 11) is 0. The van der Waals surface area contributed by atoms with Gasteiger partial charge in [0.2, 0.25) is 0 Å². The Hall–Kier alpha value is -0.810. The maximum absolute atomic E-state index is 11.0. The Morgan fingerprint density at radius 3 is 3.00 bits per heavy atom. The van der Waals surface area contributed by atoms with Crippen molar-refractivity contribution in [1.29, 1.82) is 0 Å². The van der Waals surface area contributed by atoms with Crippen LogP contribution >= 0.6 is 0 Å². The Kier molecular flexibility index (Phi) is 4.56. The van der Waals surface area contributed by atoms with Gasteiger partial charge in [0.25, 0.3) is 0 Å². The third-order valence-electron chi connectivity index (χ3n) is 2.01. The topological polar surface area (TPSA) is 76.4 Å². The third-order valence-corrected chi connectivity index (χ3v) is 2.01. The first-order valence-corrected chi connectivity index (χ1v) is 4.62. The first-order chi connectivity index (χ1) is 6.33. The zero-order valence-corrected chi connectivity index (χ0v) is 7.71. The molecule has 4 N–H and O–H groups in total. The van der Waals surface area contributed by atoms with Crippen molar-refractivity contribution in [1.82, 2.24) is 10.6 Å². The van der Waals surface area contributed by atoms with E-state index in [1.54, 1.807) is 0 Å². The van der Waals surface area contributed by atoms with Gasteiger partial charge in [-0.3, -0.25) is 0 Å². The summed E-state index contributed by atoms with van der Waals surface area (Å²) in [6, 6.07) is -0.141. The number of nitrogens with one attached hydrogen (secondary N) is 2. The number of rotatable bonds is 4. The van der Waals surface area contributed by atoms with Crippen molar-refractivity contribution in [2.24, 2.45) is 11.7 Å². The molecular formula is C8H17N3O2. The van der Waals surface area contributed by atoms with E-state index < -0.39 is 0 Å². The largest absolute Gasteiger partial charge is 0.381 e. The Morgan fingerprint density at radius 1 is 1.54 bits per heavy atom. The minimum atomic E-state index is -0.141. The lowest BCUT2D eigenvalue weighted by molar-refractivity contribution is 0.185. The van der Waals surface area contributed by atoms with E-state index in [0.717, 1.165) is 19.6 Å². The van der Waals surface area contributed by atoms with E-state index >= 15 is 0 Å². The second kappa shape index (κ2) is 5.77. The summed E-state index contributed by atoms with van der Waals surface area (Å²) in [6.45, 7) is 3.26. The van der Waals surface area contributed by atoms with Crippen LogP contribution in [0.5, 0.6) is 0 Å². The number of nitrogens with two attached hydrogens (primary N) is 1. The smallest absolute Gasteiger partial charge is 0.314 e. The summed E-state index contributed by atoms with van der Waals surface area (Å²) in [5.41, 5.74) is 5.23. The number of hydrogen-bond donors (Lipinski definition) is 3. The molecule has 1 atom stereocenters. The highest BCUT2D eigenvalue weighted by atomic mass is 16.5. The number of urea groups is 1. The van der Waals surface area contributed by atoms with Gasteiger partial charge in [-0.15, -0.1) is 0 Å². The zero-order chi connectivity index (χ0) is 9.52. The van der Waals surface area contributed by atoms with Gasteiger partial charge in [0.1, 0.15) is 0 Å². The second-order valence-electron chi connectivity index (χ2n) is 3.16. The van der Waals surface area contributed by atoms with Gasteiger partial charge >= 0.3 is 6.03 Å². The van der Waals surface area contributed by atoms with Crippen LogP contribution in [0.3, 0.4) is 0 Å². The second-order valence-corrected chi connectivity index (χ2v) is 3.16. The van der Waals surface area contributed by atoms with Gasteiger partial charge in [0, 0.05) is 32.2 Å². The van der Waals surface area contributed by atoms with E-state index in [4.69, 9.17) is 10.5 Å². The zero-order valence-electron chi connectivity index (χ0n) is 7.71. The van der Waals surface area contributed by atoms with Gasteiger partial charge in [-0.05, 0) is 6.42 Å². The number of carbonyl (C=O) groups excluding carboxylic acids is 1. The molecule has 76 valence electrons. The van der Waals surface area contributed by atoms with Crippen molar-refractivity contribution in [3.8, 4) is 0 Å². The maximum atomic E-state index is 11.0. The SMILES string of the molecule is NCCNC(=O)NCC1CCOC1. The summed E-state index contributed by atoms with van der Waals surface area (Å²) in [6.07, 6.45) is 1.04. The predicted molar refractivity (Wildman–Crippen MR) is 49.4 cm³/mol. The molecule has 0 aromatic carbocycles. The highest BCUT2D eigenvalue weighted by Crippen LogP contribution is 2.10. The fourth-order valence-electron chi connectivity index (χ4n) is 1.23. The molecule has 1 saturated heterocycles. The van der Waals surface area contributed by atoms with E-state index in [1.165, 1.54) is 0 Å². The van der Waals surface area contributed by atoms with E-state index in [1.807, 2.05) is 0 Å². The average Bonchev–Trinajstić information content (AvgIpc) is 2.64. The average molecular weight is 187 g/mol. The first kappa shape index (κ1) is 10.3. The van der Waals surface area contributed by atoms with Crippen LogP contribution in [0.1, 0.15) is 6.42 Å². The lowest BCUT2D eigenvalue weighted by Crippen LogP contribution is -2.40. The molecule has 1 aliphatic rings. The summed E-state index contributed by atoms with van der Waals surface area (Å²) < 4.78 is 5.18. The lowest BCUT2D eigenvalue weighted by atomic mass is 10.1. The number of amides is 2. The standard InChI is InChI=1S/C8H17N3O2/c9-2-3-10-8(12)11-5-7-1-4-13-6-7/h7H,1-6,9H2,(H2,10,11,12). The minimum absolute atomic E-state index is 0.141. The van der Waals surface area contributed by atoms with Crippen LogP contribution in [0.25, 0.3) is 0 Å². The Balaban J connectivity index is 2.00. The summed E-state index contributed by atoms with van der Waals surface area (Å²) in [5.74, 6) is 0.476. The monoisotopic (exact) mass is 187 g/mol. The highest BCUT2D eigenvalue weighted by molar-refractivity contribution is 5.73. The molecule has 2 amide bonds. The van der Waals surface area contributed by atoms with Crippen LogP contribution < -0.4 is 16.4 Å². The molecule has 1 unspecified atom stereocenters. The van der Waals surface area contributed by atoms with E-state index in [2.05, 4.69) is 10.6 Å². The molecule has 5 heteroatoms. The fourth-order valence-corrected chi connectivity index (χ4v) is 1.23. The van der Waals surface area contributed by atoms with Gasteiger partial charge in [-0.1, -0.05) is 0 Å². The van der Waals surface area contributed by atoms with E-state index in [-0.39, 0.29) is 6.03 Å². The van der Waals surface area contributed by atoms with E-state index in [0.29, 0.717) is 25.6 Å². The Morgan fingerprint density at radius 2 is 2.38 bits per heavy atom. The van der Waals surface area contributed by atoms with Gasteiger partial charge in [0.05, 0.1) is 6.61 Å². The molecule has 0 spiro atoms. The van der Waals surface area contributed by atoms with Crippen LogP contribution in [0, 0.1) is 5.92 Å². The van der Waals surface area contributed by atoms with Crippen molar-refractivity contribution >= 4 is 6.03 Å². The van der Waals surface area contributed by atoms with Crippen LogP contribution in [-0.2, 0) is 4.74 Å². The van der Waals surface area contributed by atoms with Gasteiger partial charge in [-0.2, -0.15) is 0 Å². The van der Waals surface area contributed by atoms with E-state index in [9.17, 15) is 4.79 Å². The van der Waals surface area contributed by atoms with Crippen LogP contribution in [0.15, 0.2) is 0 Å². The number of ether oxygens (including phenoxy) is 1. The number of hydrogen-bond acceptors (Lipinski definition) is 3. The van der Waals surface area contributed by atoms with Crippen molar-refractivity contribution in [3.63, 3.8) is 0 Å². The fraction of sp³-hybridized carbons (Fsp3) is 0.875. The predicted octanol–water partition coefficient (Wildman–Crippen LogP) is -0.719. The minimum Gasteiger partial charge on any atom is -0.381 e. The first-order valence-electron chi connectivity index (χ1n) is 4.62. The van der Waals surface area contributed by atoms with Gasteiger partial charge < -0.3 is 21.1 Å². The van der Waals surface area contributed by atoms with Crippen molar-refractivity contribution in [2.75, 3.05) is 32.8 Å². The highest BCUT2D eigenvalue weighted by Gasteiger charge is 2.15. The molecular weight excluding hydrogens is 170 g/mol. The molecule has 1 rings (SSSR count). The van der Waals surface area contributed by atoms with Crippen molar-refractivity contribution in [2.45, 2.75) is 6.42 Å². The molecule has 0 saturated carbocycles. The van der Waals surface area contributed by atoms with Crippen molar-refractivity contribution < 1.29 is 9.53 Å². The Labute approximate surface area is 78.0 Å². The number of carbonyl (C=O) groups is 1. The lowest BCUT2D eigenvalue weighted by Gasteiger charge is -2.09. The molecule has 0 aromatic heterocycles. The van der Waals surface area contributed by atoms with Crippen molar-refractivity contribution in [3.05, 3.63) is 0 Å². The molecule has 13 heavy (non-hydrogen) atoms. The maximum Gasteiger partial charge on any atom is 0.314 e. The molecule has 5 nitrogen and oxygen atoms in total. The molecule has 1 fully saturated rings. The molecule has 0 radical (unpaired) electrons. The summed E-state index contributed by atoms with van der Waals surface area (Å²) in [5, 5.41) is 5.41. The van der Waals surface area contributed by atoms with Gasteiger partial charge in [0.15, 0.2) is 0 Å². The molecule has 0 aliphatic carbocycles. The molecule has 1 aliphatic heterocycles. The van der Waals surface area contributed by atoms with Crippen LogP contribution in [0.2, 0.25) is 0 Å². The summed E-state index contributed by atoms with van der Waals surface area (Å²) >= 11 is 0. The Bertz CT molecular complexity index is 157. The third kappa shape index (κ3) is 4.10. The van der Waals surface area contributed by atoms with Crippen LogP contribution in [-0.4, -0.2) is 38.9 Å². The molecule has 1 heterocycles. The van der Waals surface area contributed by atoms with Crippen LogP contribution in [0.4, 0.5) is 4.79 Å². The van der Waals surface area contributed by atoms with Gasteiger partial charge in [-0.25, -0.2) is 4.79 Å².